The zero-order valence-corrected chi connectivity index (χ0v) is 17.4. The number of halogens is 3. The minimum atomic E-state index is -3.67. The molecule has 1 aliphatic heterocycles. The molecule has 1 saturated heterocycles. The molecule has 1 amide bonds. The van der Waals surface area contributed by atoms with E-state index in [0.29, 0.717) is 23.7 Å². The maximum atomic E-state index is 12.8. The Bertz CT molecular complexity index is 928. The normalized spacial score (nSPS) is 15.9. The Balaban J connectivity index is 1.70. The van der Waals surface area contributed by atoms with Gasteiger partial charge in [-0.05, 0) is 42.5 Å². The molecule has 0 aromatic heterocycles. The lowest BCUT2D eigenvalue weighted by atomic mass is 10.2. The van der Waals surface area contributed by atoms with Crippen molar-refractivity contribution >= 4 is 55.1 Å². The quantitative estimate of drug-likeness (QED) is 0.673. The molecule has 5 nitrogen and oxygen atoms in total. The zero-order chi connectivity index (χ0) is 18.9. The first-order valence-corrected chi connectivity index (χ1v) is 10.8. The maximum Gasteiger partial charge on any atom is 0.253 e. The minimum absolute atomic E-state index is 0.0968. The highest BCUT2D eigenvalue weighted by molar-refractivity contribution is 9.10. The summed E-state index contributed by atoms with van der Waals surface area (Å²) in [7, 11) is -3.67. The number of nitrogens with zero attached hydrogens (tertiary/aromatic N) is 2. The van der Waals surface area contributed by atoms with E-state index in [1.807, 2.05) is 0 Å². The molecule has 26 heavy (non-hydrogen) atoms. The first-order chi connectivity index (χ1) is 12.3. The van der Waals surface area contributed by atoms with Gasteiger partial charge in [0.05, 0.1) is 14.9 Å². The molecule has 0 bridgehead atoms. The lowest BCUT2D eigenvalue weighted by Crippen LogP contribution is -2.50. The van der Waals surface area contributed by atoms with E-state index >= 15 is 0 Å². The van der Waals surface area contributed by atoms with E-state index in [9.17, 15) is 13.2 Å². The van der Waals surface area contributed by atoms with Gasteiger partial charge in [0, 0.05) is 36.2 Å². The summed E-state index contributed by atoms with van der Waals surface area (Å²) in [6, 6.07) is 11.3. The van der Waals surface area contributed by atoms with Crippen LogP contribution in [0.5, 0.6) is 0 Å². The Morgan fingerprint density at radius 1 is 0.923 bits per heavy atom. The van der Waals surface area contributed by atoms with Crippen molar-refractivity contribution in [1.82, 2.24) is 9.21 Å². The zero-order valence-electron chi connectivity index (χ0n) is 13.5. The third-order valence-corrected chi connectivity index (χ3v) is 7.31. The van der Waals surface area contributed by atoms with Crippen molar-refractivity contribution in [3.63, 3.8) is 0 Å². The molecule has 0 radical (unpaired) electrons. The summed E-state index contributed by atoms with van der Waals surface area (Å²) in [6.45, 7) is 1.11. The third-order valence-electron chi connectivity index (χ3n) is 4.15. The number of amides is 1. The fourth-order valence-corrected chi connectivity index (χ4v) is 4.77. The van der Waals surface area contributed by atoms with Gasteiger partial charge in [0.2, 0.25) is 10.0 Å². The van der Waals surface area contributed by atoms with Crippen LogP contribution in [0.2, 0.25) is 10.0 Å². The number of benzene rings is 2. The summed E-state index contributed by atoms with van der Waals surface area (Å²) in [6.07, 6.45) is 0. The Labute approximate surface area is 170 Å². The van der Waals surface area contributed by atoms with Crippen LogP contribution in [0.25, 0.3) is 0 Å². The second kappa shape index (κ2) is 7.86. The molecular weight excluding hydrogens is 463 g/mol. The summed E-state index contributed by atoms with van der Waals surface area (Å²) >= 11 is 15.1. The predicted molar refractivity (Wildman–Crippen MR) is 105 cm³/mol. The van der Waals surface area contributed by atoms with E-state index in [-0.39, 0.29) is 28.9 Å². The number of piperazine rings is 1. The van der Waals surface area contributed by atoms with Gasteiger partial charge in [0.25, 0.3) is 5.91 Å². The SMILES string of the molecule is O=C(c1ccc(Br)cc1)N1CCN(S(=O)(=O)c2ccc(Cl)c(Cl)c2)CC1. The van der Waals surface area contributed by atoms with Gasteiger partial charge in [-0.1, -0.05) is 39.1 Å². The van der Waals surface area contributed by atoms with Gasteiger partial charge < -0.3 is 4.90 Å². The first kappa shape index (κ1) is 19.6. The van der Waals surface area contributed by atoms with Crippen molar-refractivity contribution in [2.24, 2.45) is 0 Å². The molecule has 1 heterocycles. The van der Waals surface area contributed by atoms with E-state index in [1.165, 1.54) is 22.5 Å². The molecule has 0 N–H and O–H groups in total. The number of carbonyl (C=O) groups excluding carboxylic acids is 1. The molecule has 1 fully saturated rings. The molecule has 1 aliphatic rings. The van der Waals surface area contributed by atoms with Crippen LogP contribution in [0.4, 0.5) is 0 Å². The van der Waals surface area contributed by atoms with Crippen LogP contribution in [-0.2, 0) is 10.0 Å². The average molecular weight is 478 g/mol. The Hall–Kier alpha value is -1.12. The number of hydrogen-bond donors (Lipinski definition) is 0. The van der Waals surface area contributed by atoms with Gasteiger partial charge in [-0.25, -0.2) is 8.42 Å². The highest BCUT2D eigenvalue weighted by atomic mass is 79.9. The second-order valence-corrected chi connectivity index (χ2v) is 9.45. The molecule has 138 valence electrons. The van der Waals surface area contributed by atoms with Crippen LogP contribution in [0.3, 0.4) is 0 Å². The third kappa shape index (κ3) is 4.07. The van der Waals surface area contributed by atoms with Crippen molar-refractivity contribution in [3.05, 3.63) is 62.5 Å². The second-order valence-electron chi connectivity index (χ2n) is 5.78. The predicted octanol–water partition coefficient (Wildman–Crippen LogP) is 3.90. The van der Waals surface area contributed by atoms with Crippen LogP contribution < -0.4 is 0 Å². The van der Waals surface area contributed by atoms with Crippen molar-refractivity contribution in [2.45, 2.75) is 4.90 Å². The van der Waals surface area contributed by atoms with Crippen LogP contribution in [0.1, 0.15) is 10.4 Å². The molecular formula is C17H15BrCl2N2O3S. The van der Waals surface area contributed by atoms with E-state index in [4.69, 9.17) is 23.2 Å². The number of sulfonamides is 1. The molecule has 2 aromatic rings. The molecule has 2 aromatic carbocycles. The summed E-state index contributed by atoms with van der Waals surface area (Å²) < 4.78 is 27.8. The number of carbonyl (C=O) groups is 1. The minimum Gasteiger partial charge on any atom is -0.336 e. The number of rotatable bonds is 3. The molecule has 0 spiro atoms. The molecule has 0 atom stereocenters. The fourth-order valence-electron chi connectivity index (χ4n) is 2.69. The Kier molecular flexibility index (Phi) is 5.94. The van der Waals surface area contributed by atoms with Crippen molar-refractivity contribution in [1.29, 1.82) is 0 Å². The fraction of sp³-hybridized carbons (Fsp3) is 0.235. The lowest BCUT2D eigenvalue weighted by molar-refractivity contribution is 0.0698. The van der Waals surface area contributed by atoms with E-state index in [0.717, 1.165) is 4.47 Å². The van der Waals surface area contributed by atoms with Gasteiger partial charge in [-0.2, -0.15) is 4.31 Å². The topological polar surface area (TPSA) is 57.7 Å². The van der Waals surface area contributed by atoms with Crippen molar-refractivity contribution < 1.29 is 13.2 Å². The van der Waals surface area contributed by atoms with Gasteiger partial charge in [-0.3, -0.25) is 4.79 Å². The van der Waals surface area contributed by atoms with Crippen LogP contribution in [0.15, 0.2) is 51.8 Å². The Morgan fingerprint density at radius 3 is 2.12 bits per heavy atom. The molecule has 0 aliphatic carbocycles. The summed E-state index contributed by atoms with van der Waals surface area (Å²) in [5.41, 5.74) is 0.578. The van der Waals surface area contributed by atoms with E-state index < -0.39 is 10.0 Å². The summed E-state index contributed by atoms with van der Waals surface area (Å²) in [5, 5.41) is 0.493. The smallest absolute Gasteiger partial charge is 0.253 e. The van der Waals surface area contributed by atoms with E-state index in [1.54, 1.807) is 29.2 Å². The summed E-state index contributed by atoms with van der Waals surface area (Å²) in [4.78, 5) is 14.3. The number of hydrogen-bond acceptors (Lipinski definition) is 3. The van der Waals surface area contributed by atoms with Crippen LogP contribution in [0, 0.1) is 0 Å². The highest BCUT2D eigenvalue weighted by Crippen LogP contribution is 2.27. The monoisotopic (exact) mass is 476 g/mol. The van der Waals surface area contributed by atoms with Crippen molar-refractivity contribution in [2.75, 3.05) is 26.2 Å². The highest BCUT2D eigenvalue weighted by Gasteiger charge is 2.30. The van der Waals surface area contributed by atoms with Gasteiger partial charge in [0.15, 0.2) is 0 Å². The first-order valence-electron chi connectivity index (χ1n) is 7.79. The lowest BCUT2D eigenvalue weighted by Gasteiger charge is -2.34. The molecule has 0 saturated carbocycles. The molecule has 3 rings (SSSR count). The van der Waals surface area contributed by atoms with Gasteiger partial charge >= 0.3 is 0 Å². The molecule has 0 unspecified atom stereocenters. The average Bonchev–Trinajstić information content (AvgIpc) is 2.64. The van der Waals surface area contributed by atoms with E-state index in [2.05, 4.69) is 15.9 Å². The molecule has 9 heteroatoms. The Morgan fingerprint density at radius 2 is 1.54 bits per heavy atom. The van der Waals surface area contributed by atoms with Crippen LogP contribution in [-0.4, -0.2) is 49.7 Å². The van der Waals surface area contributed by atoms with Gasteiger partial charge in [-0.15, -0.1) is 0 Å². The van der Waals surface area contributed by atoms with Crippen molar-refractivity contribution in [3.8, 4) is 0 Å². The summed E-state index contributed by atoms with van der Waals surface area (Å²) in [5.74, 6) is -0.107. The van der Waals surface area contributed by atoms with Crippen LogP contribution >= 0.6 is 39.1 Å². The standard InChI is InChI=1S/C17H15BrCl2N2O3S/c18-13-3-1-12(2-4-13)17(23)21-7-9-22(10-8-21)26(24,25)14-5-6-15(19)16(20)11-14/h1-6,11H,7-10H2. The van der Waals surface area contributed by atoms with Gasteiger partial charge in [0.1, 0.15) is 0 Å². The largest absolute Gasteiger partial charge is 0.336 e. The maximum absolute atomic E-state index is 12.8.